The fourth-order valence-corrected chi connectivity index (χ4v) is 7.33. The van der Waals surface area contributed by atoms with Crippen molar-refractivity contribution in [1.82, 2.24) is 0 Å². The second kappa shape index (κ2) is 43.5. The molecule has 0 aromatic heterocycles. The highest BCUT2D eigenvalue weighted by molar-refractivity contribution is 5.71. The lowest BCUT2D eigenvalue weighted by Gasteiger charge is -2.18. The van der Waals surface area contributed by atoms with Crippen molar-refractivity contribution in [1.29, 1.82) is 0 Å². The zero-order chi connectivity index (χ0) is 40.3. The standard InChI is InChI=1S/C49H94O6/c1-5-7-9-11-13-15-17-21-25-28-32-36-40-47(50)53-43-46(55-49(52)42-38-34-30-24-16-14-12-10-8-6-2)44-54-48(51)41-37-33-29-26-22-19-18-20-23-27-31-35-39-45(3)4/h45-46H,5-44H2,1-4H3/t46-/m0/s1. The summed E-state index contributed by atoms with van der Waals surface area (Å²) in [5.74, 6) is -0.0163. The van der Waals surface area contributed by atoms with Gasteiger partial charge in [-0.3, -0.25) is 14.4 Å². The lowest BCUT2D eigenvalue weighted by molar-refractivity contribution is -0.167. The average Bonchev–Trinajstić information content (AvgIpc) is 3.17. The molecule has 6 nitrogen and oxygen atoms in total. The molecule has 6 heteroatoms. The van der Waals surface area contributed by atoms with Crippen LogP contribution in [-0.2, 0) is 28.6 Å². The van der Waals surface area contributed by atoms with Gasteiger partial charge in [0.15, 0.2) is 6.10 Å². The molecule has 1 atom stereocenters. The number of carbonyl (C=O) groups excluding carboxylic acids is 3. The van der Waals surface area contributed by atoms with E-state index < -0.39 is 6.10 Å². The maximum absolute atomic E-state index is 12.7. The molecule has 326 valence electrons. The first-order valence-corrected chi connectivity index (χ1v) is 24.4. The molecule has 0 fully saturated rings. The number of carbonyl (C=O) groups is 3. The Balaban J connectivity index is 4.28. The Morgan fingerprint density at radius 1 is 0.345 bits per heavy atom. The lowest BCUT2D eigenvalue weighted by atomic mass is 10.0. The second-order valence-corrected chi connectivity index (χ2v) is 17.2. The van der Waals surface area contributed by atoms with Crippen molar-refractivity contribution in [3.63, 3.8) is 0 Å². The maximum Gasteiger partial charge on any atom is 0.306 e. The highest BCUT2D eigenvalue weighted by Crippen LogP contribution is 2.16. The Labute approximate surface area is 342 Å². The van der Waals surface area contributed by atoms with Crippen molar-refractivity contribution >= 4 is 17.9 Å². The van der Waals surface area contributed by atoms with Gasteiger partial charge in [0.1, 0.15) is 13.2 Å². The maximum atomic E-state index is 12.7. The Hall–Kier alpha value is -1.59. The van der Waals surface area contributed by atoms with Crippen LogP contribution in [0.1, 0.15) is 272 Å². The van der Waals surface area contributed by atoms with Crippen LogP contribution in [0.5, 0.6) is 0 Å². The topological polar surface area (TPSA) is 78.9 Å². The summed E-state index contributed by atoms with van der Waals surface area (Å²) in [4.78, 5) is 37.8. The van der Waals surface area contributed by atoms with Crippen LogP contribution < -0.4 is 0 Å². The highest BCUT2D eigenvalue weighted by Gasteiger charge is 2.19. The van der Waals surface area contributed by atoms with Crippen molar-refractivity contribution in [2.45, 2.75) is 278 Å². The fraction of sp³-hybridized carbons (Fsp3) is 0.939. The molecule has 0 heterocycles. The summed E-state index contributed by atoms with van der Waals surface area (Å²) in [6, 6.07) is 0. The Morgan fingerprint density at radius 3 is 0.891 bits per heavy atom. The fourth-order valence-electron chi connectivity index (χ4n) is 7.33. The summed E-state index contributed by atoms with van der Waals surface area (Å²) < 4.78 is 16.7. The first kappa shape index (κ1) is 53.4. The molecule has 0 saturated carbocycles. The van der Waals surface area contributed by atoms with Gasteiger partial charge in [0.05, 0.1) is 0 Å². The van der Waals surface area contributed by atoms with Gasteiger partial charge in [-0.15, -0.1) is 0 Å². The molecule has 0 bridgehead atoms. The largest absolute Gasteiger partial charge is 0.462 e. The monoisotopic (exact) mass is 779 g/mol. The van der Waals surface area contributed by atoms with E-state index in [1.54, 1.807) is 0 Å². The molecule has 0 aliphatic carbocycles. The van der Waals surface area contributed by atoms with Gasteiger partial charge in [0.25, 0.3) is 0 Å². The molecule has 0 N–H and O–H groups in total. The molecular weight excluding hydrogens is 685 g/mol. The van der Waals surface area contributed by atoms with E-state index >= 15 is 0 Å². The van der Waals surface area contributed by atoms with Crippen molar-refractivity contribution < 1.29 is 28.6 Å². The molecule has 0 spiro atoms. The van der Waals surface area contributed by atoms with Gasteiger partial charge in [0, 0.05) is 19.3 Å². The van der Waals surface area contributed by atoms with Gasteiger partial charge in [-0.2, -0.15) is 0 Å². The first-order valence-electron chi connectivity index (χ1n) is 24.4. The number of hydrogen-bond donors (Lipinski definition) is 0. The van der Waals surface area contributed by atoms with Crippen LogP contribution >= 0.6 is 0 Å². The molecule has 0 aromatic carbocycles. The van der Waals surface area contributed by atoms with Gasteiger partial charge in [0.2, 0.25) is 0 Å². The van der Waals surface area contributed by atoms with Crippen molar-refractivity contribution in [3.8, 4) is 0 Å². The SMILES string of the molecule is CCCCCCCCCCCCCCC(=O)OC[C@@H](COC(=O)CCCCCCCCCCCCCCC(C)C)OC(=O)CCCCCCCCCCCC. The molecule has 0 aromatic rings. The predicted molar refractivity (Wildman–Crippen MR) is 233 cm³/mol. The summed E-state index contributed by atoms with van der Waals surface area (Å²) in [5.41, 5.74) is 0. The normalized spacial score (nSPS) is 11.9. The number of hydrogen-bond acceptors (Lipinski definition) is 6. The molecule has 0 saturated heterocycles. The van der Waals surface area contributed by atoms with Crippen LogP contribution in [0.15, 0.2) is 0 Å². The minimum atomic E-state index is -0.759. The predicted octanol–water partition coefficient (Wildman–Crippen LogP) is 15.5. The van der Waals surface area contributed by atoms with Gasteiger partial charge < -0.3 is 14.2 Å². The zero-order valence-electron chi connectivity index (χ0n) is 37.4. The summed E-state index contributed by atoms with van der Waals surface area (Å²) in [5, 5.41) is 0. The van der Waals surface area contributed by atoms with E-state index in [0.29, 0.717) is 19.3 Å². The highest BCUT2D eigenvalue weighted by atomic mass is 16.6. The van der Waals surface area contributed by atoms with Crippen molar-refractivity contribution in [2.75, 3.05) is 13.2 Å². The van der Waals surface area contributed by atoms with Crippen LogP contribution in [0.25, 0.3) is 0 Å². The van der Waals surface area contributed by atoms with Gasteiger partial charge >= 0.3 is 17.9 Å². The van der Waals surface area contributed by atoms with E-state index in [9.17, 15) is 14.4 Å². The first-order chi connectivity index (χ1) is 26.9. The molecular formula is C49H94O6. The van der Waals surface area contributed by atoms with E-state index in [0.717, 1.165) is 63.7 Å². The van der Waals surface area contributed by atoms with E-state index in [4.69, 9.17) is 14.2 Å². The van der Waals surface area contributed by atoms with E-state index in [-0.39, 0.29) is 31.1 Å². The summed E-state index contributed by atoms with van der Waals surface area (Å²) in [7, 11) is 0. The van der Waals surface area contributed by atoms with E-state index in [1.807, 2.05) is 0 Å². The van der Waals surface area contributed by atoms with Crippen LogP contribution in [-0.4, -0.2) is 37.2 Å². The van der Waals surface area contributed by atoms with E-state index in [2.05, 4.69) is 27.7 Å². The third-order valence-corrected chi connectivity index (χ3v) is 11.0. The molecule has 0 aliphatic rings. The number of esters is 3. The van der Waals surface area contributed by atoms with Crippen LogP contribution in [0, 0.1) is 5.92 Å². The van der Waals surface area contributed by atoms with Gasteiger partial charge in [-0.25, -0.2) is 0 Å². The quantitative estimate of drug-likeness (QED) is 0.0348. The van der Waals surface area contributed by atoms with Crippen LogP contribution in [0.4, 0.5) is 0 Å². The Morgan fingerprint density at radius 2 is 0.600 bits per heavy atom. The summed E-state index contributed by atoms with van der Waals surface area (Å²) >= 11 is 0. The number of unbranched alkanes of at least 4 members (excludes halogenated alkanes) is 31. The molecule has 0 amide bonds. The number of rotatable bonds is 44. The molecule has 0 radical (unpaired) electrons. The van der Waals surface area contributed by atoms with Crippen molar-refractivity contribution in [2.24, 2.45) is 5.92 Å². The second-order valence-electron chi connectivity index (χ2n) is 17.2. The third-order valence-electron chi connectivity index (χ3n) is 11.0. The van der Waals surface area contributed by atoms with Gasteiger partial charge in [-0.05, 0) is 25.2 Å². The zero-order valence-corrected chi connectivity index (χ0v) is 37.4. The van der Waals surface area contributed by atoms with E-state index in [1.165, 1.54) is 167 Å². The minimum Gasteiger partial charge on any atom is -0.462 e. The Bertz CT molecular complexity index is 826. The van der Waals surface area contributed by atoms with Gasteiger partial charge in [-0.1, -0.05) is 233 Å². The third kappa shape index (κ3) is 43.4. The lowest BCUT2D eigenvalue weighted by Crippen LogP contribution is -2.30. The molecule has 55 heavy (non-hydrogen) atoms. The summed E-state index contributed by atoms with van der Waals surface area (Å²) in [6.07, 6.45) is 43.7. The van der Waals surface area contributed by atoms with Crippen LogP contribution in [0.2, 0.25) is 0 Å². The molecule has 0 aliphatic heterocycles. The van der Waals surface area contributed by atoms with Crippen LogP contribution in [0.3, 0.4) is 0 Å². The van der Waals surface area contributed by atoms with Crippen molar-refractivity contribution in [3.05, 3.63) is 0 Å². The average molecular weight is 779 g/mol. The summed E-state index contributed by atoms with van der Waals surface area (Å²) in [6.45, 7) is 9.00. The smallest absolute Gasteiger partial charge is 0.306 e. The minimum absolute atomic E-state index is 0.0632. The Kier molecular flexibility index (Phi) is 42.3. The molecule has 0 rings (SSSR count). The number of ether oxygens (including phenoxy) is 3. The molecule has 0 unspecified atom stereocenters.